The van der Waals surface area contributed by atoms with Crippen molar-refractivity contribution in [2.24, 2.45) is 0 Å². The molecule has 2 N–H and O–H groups in total. The Bertz CT molecular complexity index is 433. The zero-order valence-electron chi connectivity index (χ0n) is 12.6. The van der Waals surface area contributed by atoms with E-state index in [0.717, 1.165) is 11.3 Å². The Morgan fingerprint density at radius 2 is 2.00 bits per heavy atom. The number of rotatable bonds is 6. The molecule has 0 radical (unpaired) electrons. The smallest absolute Gasteiger partial charge is 0.322 e. The van der Waals surface area contributed by atoms with Crippen LogP contribution < -0.4 is 5.32 Å². The van der Waals surface area contributed by atoms with E-state index < -0.39 is 6.10 Å². The molecule has 0 spiro atoms. The highest BCUT2D eigenvalue weighted by molar-refractivity contribution is 5.90. The lowest BCUT2D eigenvalue weighted by Crippen LogP contribution is -2.43. The lowest BCUT2D eigenvalue weighted by Gasteiger charge is -2.28. The molecule has 0 aliphatic rings. The number of hydrogen-bond acceptors (Lipinski definition) is 3. The molecule has 1 rings (SSSR count). The average molecular weight is 280 g/mol. The van der Waals surface area contributed by atoms with Crippen molar-refractivity contribution in [2.45, 2.75) is 39.5 Å². The first kappa shape index (κ1) is 16.5. The van der Waals surface area contributed by atoms with Gasteiger partial charge in [-0.1, -0.05) is 18.2 Å². The summed E-state index contributed by atoms with van der Waals surface area (Å²) in [5, 5.41) is 12.4. The van der Waals surface area contributed by atoms with Crippen molar-refractivity contribution >= 4 is 11.7 Å². The number of nitrogens with zero attached hydrogens (tertiary/aromatic N) is 1. The first-order valence-electron chi connectivity index (χ1n) is 6.78. The van der Waals surface area contributed by atoms with Gasteiger partial charge in [0, 0.05) is 30.9 Å². The van der Waals surface area contributed by atoms with Crippen LogP contribution in [0, 0.1) is 0 Å². The van der Waals surface area contributed by atoms with Crippen LogP contribution in [0.4, 0.5) is 10.5 Å². The Labute approximate surface area is 120 Å². The van der Waals surface area contributed by atoms with Crippen molar-refractivity contribution in [1.29, 1.82) is 0 Å². The standard InChI is InChI=1S/C15H24N2O3/c1-11(2)17(9-12(3)18)15(19)16-14-8-6-5-7-13(14)10-20-4/h5-8,11-12,18H,9-10H2,1-4H3,(H,16,19)/t12-/m0/s1. The van der Waals surface area contributed by atoms with Gasteiger partial charge in [-0.3, -0.25) is 0 Å². The number of carbonyl (C=O) groups is 1. The number of aliphatic hydroxyl groups excluding tert-OH is 1. The number of para-hydroxylation sites is 1. The first-order valence-corrected chi connectivity index (χ1v) is 6.78. The second kappa shape index (κ2) is 7.87. The minimum atomic E-state index is -0.558. The fourth-order valence-electron chi connectivity index (χ4n) is 1.92. The molecule has 5 nitrogen and oxygen atoms in total. The minimum Gasteiger partial charge on any atom is -0.392 e. The highest BCUT2D eigenvalue weighted by Crippen LogP contribution is 2.17. The largest absolute Gasteiger partial charge is 0.392 e. The lowest BCUT2D eigenvalue weighted by molar-refractivity contribution is 0.125. The molecule has 0 fully saturated rings. The summed E-state index contributed by atoms with van der Waals surface area (Å²) in [5.74, 6) is 0. The lowest BCUT2D eigenvalue weighted by atomic mass is 10.2. The van der Waals surface area contributed by atoms with Gasteiger partial charge in [-0.2, -0.15) is 0 Å². The number of amides is 2. The van der Waals surface area contributed by atoms with Crippen LogP contribution in [0.1, 0.15) is 26.3 Å². The van der Waals surface area contributed by atoms with E-state index in [2.05, 4.69) is 5.32 Å². The molecule has 1 aromatic carbocycles. The van der Waals surface area contributed by atoms with Crippen LogP contribution >= 0.6 is 0 Å². The van der Waals surface area contributed by atoms with Crippen LogP contribution in [-0.2, 0) is 11.3 Å². The van der Waals surface area contributed by atoms with Crippen molar-refractivity contribution in [3.05, 3.63) is 29.8 Å². The summed E-state index contributed by atoms with van der Waals surface area (Å²) in [6, 6.07) is 7.31. The van der Waals surface area contributed by atoms with Crippen LogP contribution in [0.25, 0.3) is 0 Å². The quantitative estimate of drug-likeness (QED) is 0.841. The van der Waals surface area contributed by atoms with Crippen molar-refractivity contribution in [3.8, 4) is 0 Å². The van der Waals surface area contributed by atoms with Gasteiger partial charge in [0.2, 0.25) is 0 Å². The normalized spacial score (nSPS) is 12.3. The monoisotopic (exact) mass is 280 g/mol. The predicted octanol–water partition coefficient (Wildman–Crippen LogP) is 2.46. The molecule has 0 saturated heterocycles. The minimum absolute atomic E-state index is 0.0131. The van der Waals surface area contributed by atoms with Gasteiger partial charge in [0.25, 0.3) is 0 Å². The number of urea groups is 1. The molecule has 20 heavy (non-hydrogen) atoms. The van der Waals surface area contributed by atoms with Crippen LogP contribution in [0.2, 0.25) is 0 Å². The van der Waals surface area contributed by atoms with E-state index in [4.69, 9.17) is 4.74 Å². The molecule has 2 amide bonds. The summed E-state index contributed by atoms with van der Waals surface area (Å²) >= 11 is 0. The number of aliphatic hydroxyl groups is 1. The van der Waals surface area contributed by atoms with Gasteiger partial charge in [-0.05, 0) is 26.8 Å². The van der Waals surface area contributed by atoms with Crippen molar-refractivity contribution in [3.63, 3.8) is 0 Å². The van der Waals surface area contributed by atoms with Gasteiger partial charge in [0.1, 0.15) is 0 Å². The number of nitrogens with one attached hydrogen (secondary N) is 1. The zero-order chi connectivity index (χ0) is 15.1. The topological polar surface area (TPSA) is 61.8 Å². The highest BCUT2D eigenvalue weighted by Gasteiger charge is 2.19. The SMILES string of the molecule is COCc1ccccc1NC(=O)N(C[C@H](C)O)C(C)C. The van der Waals surface area contributed by atoms with E-state index >= 15 is 0 Å². The van der Waals surface area contributed by atoms with Crippen molar-refractivity contribution < 1.29 is 14.6 Å². The third-order valence-electron chi connectivity index (χ3n) is 2.90. The highest BCUT2D eigenvalue weighted by atomic mass is 16.5. The number of hydrogen-bond donors (Lipinski definition) is 2. The molecule has 5 heteroatoms. The molecular weight excluding hydrogens is 256 g/mol. The summed E-state index contributed by atoms with van der Waals surface area (Å²) < 4.78 is 5.12. The van der Waals surface area contributed by atoms with Crippen LogP contribution in [0.3, 0.4) is 0 Å². The summed E-state index contributed by atoms with van der Waals surface area (Å²) in [6.45, 7) is 6.25. The molecule has 0 aliphatic carbocycles. The second-order valence-corrected chi connectivity index (χ2v) is 5.12. The number of benzene rings is 1. The molecule has 1 aromatic rings. The Morgan fingerprint density at radius 1 is 1.35 bits per heavy atom. The molecule has 0 aliphatic heterocycles. The summed E-state index contributed by atoms with van der Waals surface area (Å²) in [6.07, 6.45) is -0.558. The predicted molar refractivity (Wildman–Crippen MR) is 79.7 cm³/mol. The number of carbonyl (C=O) groups excluding carboxylic acids is 1. The van der Waals surface area contributed by atoms with E-state index in [0.29, 0.717) is 13.2 Å². The molecule has 0 aromatic heterocycles. The third kappa shape index (κ3) is 4.83. The number of ether oxygens (including phenoxy) is 1. The molecule has 0 bridgehead atoms. The van der Waals surface area contributed by atoms with Gasteiger partial charge >= 0.3 is 6.03 Å². The second-order valence-electron chi connectivity index (χ2n) is 5.12. The summed E-state index contributed by atoms with van der Waals surface area (Å²) in [4.78, 5) is 13.9. The van der Waals surface area contributed by atoms with Gasteiger partial charge in [0.05, 0.1) is 12.7 Å². The Hall–Kier alpha value is -1.59. The van der Waals surface area contributed by atoms with Crippen LogP contribution in [-0.4, -0.2) is 41.8 Å². The van der Waals surface area contributed by atoms with E-state index in [1.807, 2.05) is 38.1 Å². The molecule has 0 unspecified atom stereocenters. The van der Waals surface area contributed by atoms with Gasteiger partial charge < -0.3 is 20.1 Å². The summed E-state index contributed by atoms with van der Waals surface area (Å²) in [5.41, 5.74) is 1.65. The number of methoxy groups -OCH3 is 1. The first-order chi connectivity index (χ1) is 9.45. The van der Waals surface area contributed by atoms with E-state index in [1.165, 1.54) is 0 Å². The molecule has 0 heterocycles. The third-order valence-corrected chi connectivity index (χ3v) is 2.90. The Balaban J connectivity index is 2.82. The van der Waals surface area contributed by atoms with E-state index in [-0.39, 0.29) is 12.1 Å². The molecule has 1 atom stereocenters. The maximum atomic E-state index is 12.3. The maximum absolute atomic E-state index is 12.3. The van der Waals surface area contributed by atoms with Gasteiger partial charge in [0.15, 0.2) is 0 Å². The molecular formula is C15H24N2O3. The Kier molecular flexibility index (Phi) is 6.48. The zero-order valence-corrected chi connectivity index (χ0v) is 12.6. The van der Waals surface area contributed by atoms with Crippen LogP contribution in [0.15, 0.2) is 24.3 Å². The Morgan fingerprint density at radius 3 is 2.55 bits per heavy atom. The molecule has 112 valence electrons. The summed E-state index contributed by atoms with van der Waals surface area (Å²) in [7, 11) is 1.62. The molecule has 0 saturated carbocycles. The van der Waals surface area contributed by atoms with Crippen molar-refractivity contribution in [2.75, 3.05) is 19.0 Å². The van der Waals surface area contributed by atoms with Crippen LogP contribution in [0.5, 0.6) is 0 Å². The van der Waals surface area contributed by atoms with E-state index in [9.17, 15) is 9.90 Å². The van der Waals surface area contributed by atoms with Gasteiger partial charge in [-0.25, -0.2) is 4.79 Å². The fourth-order valence-corrected chi connectivity index (χ4v) is 1.92. The fraction of sp³-hybridized carbons (Fsp3) is 0.533. The van der Waals surface area contributed by atoms with E-state index in [1.54, 1.807) is 18.9 Å². The van der Waals surface area contributed by atoms with Crippen molar-refractivity contribution in [1.82, 2.24) is 4.90 Å². The average Bonchev–Trinajstić information content (AvgIpc) is 2.38. The maximum Gasteiger partial charge on any atom is 0.322 e. The number of anilines is 1. The van der Waals surface area contributed by atoms with Gasteiger partial charge in [-0.15, -0.1) is 0 Å².